The van der Waals surface area contributed by atoms with Crippen LogP contribution in [-0.2, 0) is 0 Å². The minimum Gasteiger partial charge on any atom is -0.366 e. The van der Waals surface area contributed by atoms with Crippen molar-refractivity contribution in [1.82, 2.24) is 31.1 Å². The predicted octanol–water partition coefficient (Wildman–Crippen LogP) is -0.428. The average molecular weight is 347 g/mol. The zero-order valence-corrected chi connectivity index (χ0v) is 15.4. The van der Waals surface area contributed by atoms with Crippen LogP contribution in [0.25, 0.3) is 0 Å². The topological polar surface area (TPSA) is 54.6 Å². The molecule has 0 aromatic heterocycles. The summed E-state index contributed by atoms with van der Waals surface area (Å²) in [6.45, 7) is 8.83. The van der Waals surface area contributed by atoms with Crippen LogP contribution in [0.3, 0.4) is 0 Å². The monoisotopic (exact) mass is 346 g/mol. The summed E-state index contributed by atoms with van der Waals surface area (Å²) in [4.78, 5) is 5.07. The molecule has 1 fully saturated rings. The Morgan fingerprint density at radius 2 is 1.14 bits per heavy atom. The Labute approximate surface area is 145 Å². The van der Waals surface area contributed by atoms with E-state index in [1.54, 1.807) is 0 Å². The van der Waals surface area contributed by atoms with Gasteiger partial charge in [-0.15, -0.1) is 0 Å². The summed E-state index contributed by atoms with van der Waals surface area (Å²) in [6, 6.07) is 0. The zero-order valence-electron chi connectivity index (χ0n) is 13.8. The summed E-state index contributed by atoms with van der Waals surface area (Å²) < 4.78 is 0. The van der Waals surface area contributed by atoms with Gasteiger partial charge >= 0.3 is 0 Å². The number of thiocarbonyl (C=S) groups is 2. The van der Waals surface area contributed by atoms with Gasteiger partial charge in [-0.05, 0) is 50.4 Å². The summed E-state index contributed by atoms with van der Waals surface area (Å²) in [5.41, 5.74) is 0. The number of nitrogens with zero attached hydrogens (tertiary/aromatic N) is 2. The molecule has 8 heteroatoms. The lowest BCUT2D eigenvalue weighted by Crippen LogP contribution is -2.47. The Kier molecular flexibility index (Phi) is 10.4. The molecule has 0 radical (unpaired) electrons. The second-order valence-electron chi connectivity index (χ2n) is 5.40. The van der Waals surface area contributed by atoms with E-state index in [-0.39, 0.29) is 0 Å². The highest BCUT2D eigenvalue weighted by atomic mass is 32.1. The predicted molar refractivity (Wildman–Crippen MR) is 101 cm³/mol. The van der Waals surface area contributed by atoms with Gasteiger partial charge in [0, 0.05) is 53.4 Å². The third-order valence-electron chi connectivity index (χ3n) is 3.79. The third kappa shape index (κ3) is 8.67. The lowest BCUT2D eigenvalue weighted by atomic mass is 10.2. The summed E-state index contributed by atoms with van der Waals surface area (Å²) in [5, 5.41) is 13.7. The first-order chi connectivity index (χ1) is 10.7. The number of piperazine rings is 1. The van der Waals surface area contributed by atoms with Gasteiger partial charge in [0.15, 0.2) is 10.2 Å². The lowest BCUT2D eigenvalue weighted by Gasteiger charge is -2.34. The normalized spacial score (nSPS) is 16.1. The highest BCUT2D eigenvalue weighted by Gasteiger charge is 2.15. The Morgan fingerprint density at radius 3 is 1.45 bits per heavy atom. The molecule has 0 saturated carbocycles. The van der Waals surface area contributed by atoms with Gasteiger partial charge in [-0.1, -0.05) is 0 Å². The second-order valence-corrected chi connectivity index (χ2v) is 6.22. The van der Waals surface area contributed by atoms with Crippen molar-refractivity contribution in [3.05, 3.63) is 0 Å². The minimum absolute atomic E-state index is 0.733. The molecule has 4 N–H and O–H groups in total. The SMILES string of the molecule is CNC(=S)NCCCN1CCN(CCCNC(=S)NC)CC1. The maximum absolute atomic E-state index is 5.06. The maximum atomic E-state index is 5.06. The van der Waals surface area contributed by atoms with Crippen LogP contribution in [-0.4, -0.2) is 86.5 Å². The van der Waals surface area contributed by atoms with Crippen molar-refractivity contribution in [2.24, 2.45) is 0 Å². The van der Waals surface area contributed by atoms with E-state index in [2.05, 4.69) is 31.1 Å². The molecule has 0 atom stereocenters. The molecule has 128 valence electrons. The van der Waals surface area contributed by atoms with Crippen molar-refractivity contribution in [3.8, 4) is 0 Å². The van der Waals surface area contributed by atoms with Gasteiger partial charge < -0.3 is 31.1 Å². The van der Waals surface area contributed by atoms with Gasteiger partial charge in [0.2, 0.25) is 0 Å². The summed E-state index contributed by atoms with van der Waals surface area (Å²) in [5.74, 6) is 0. The molecule has 1 aliphatic rings. The van der Waals surface area contributed by atoms with E-state index < -0.39 is 0 Å². The Balaban J connectivity index is 1.99. The Morgan fingerprint density at radius 1 is 0.773 bits per heavy atom. The van der Waals surface area contributed by atoms with Crippen molar-refractivity contribution in [2.45, 2.75) is 12.8 Å². The number of rotatable bonds is 8. The van der Waals surface area contributed by atoms with Crippen LogP contribution in [0.5, 0.6) is 0 Å². The summed E-state index contributed by atoms with van der Waals surface area (Å²) in [6.07, 6.45) is 2.26. The summed E-state index contributed by atoms with van der Waals surface area (Å²) >= 11 is 10.1. The lowest BCUT2D eigenvalue weighted by molar-refractivity contribution is 0.131. The van der Waals surface area contributed by atoms with Crippen LogP contribution in [0.2, 0.25) is 0 Å². The molecule has 0 amide bonds. The van der Waals surface area contributed by atoms with E-state index in [0.717, 1.165) is 49.2 Å². The van der Waals surface area contributed by atoms with Crippen molar-refractivity contribution in [1.29, 1.82) is 0 Å². The van der Waals surface area contributed by atoms with E-state index in [0.29, 0.717) is 0 Å². The van der Waals surface area contributed by atoms with Crippen LogP contribution in [0.1, 0.15) is 12.8 Å². The molecular weight excluding hydrogens is 316 g/mol. The fourth-order valence-electron chi connectivity index (χ4n) is 2.42. The molecule has 22 heavy (non-hydrogen) atoms. The molecular formula is C14H30N6S2. The van der Waals surface area contributed by atoms with Gasteiger partial charge in [0.1, 0.15) is 0 Å². The van der Waals surface area contributed by atoms with Crippen molar-refractivity contribution >= 4 is 34.7 Å². The number of hydrogen-bond donors (Lipinski definition) is 4. The molecule has 0 unspecified atom stereocenters. The molecule has 1 aliphatic heterocycles. The molecule has 0 spiro atoms. The van der Waals surface area contributed by atoms with Gasteiger partial charge in [0.05, 0.1) is 0 Å². The molecule has 0 aromatic rings. The quantitative estimate of drug-likeness (QED) is 0.349. The van der Waals surface area contributed by atoms with Gasteiger partial charge in [0.25, 0.3) is 0 Å². The number of nitrogens with one attached hydrogen (secondary N) is 4. The smallest absolute Gasteiger partial charge is 0.166 e. The molecule has 1 rings (SSSR count). The fourth-order valence-corrected chi connectivity index (χ4v) is 2.63. The molecule has 6 nitrogen and oxygen atoms in total. The molecule has 0 aliphatic carbocycles. The molecule has 1 heterocycles. The van der Waals surface area contributed by atoms with E-state index in [9.17, 15) is 0 Å². The first kappa shape index (κ1) is 19.3. The third-order valence-corrected chi connectivity index (χ3v) is 4.49. The average Bonchev–Trinajstić information content (AvgIpc) is 2.56. The number of hydrogen-bond acceptors (Lipinski definition) is 4. The first-order valence-corrected chi connectivity index (χ1v) is 8.83. The van der Waals surface area contributed by atoms with Crippen molar-refractivity contribution in [2.75, 3.05) is 66.5 Å². The largest absolute Gasteiger partial charge is 0.366 e. The Bertz CT molecular complexity index is 299. The van der Waals surface area contributed by atoms with Crippen LogP contribution in [0.4, 0.5) is 0 Å². The van der Waals surface area contributed by atoms with Gasteiger partial charge in [-0.3, -0.25) is 0 Å². The fraction of sp³-hybridized carbons (Fsp3) is 0.857. The maximum Gasteiger partial charge on any atom is 0.166 e. The highest BCUT2D eigenvalue weighted by molar-refractivity contribution is 7.80. The van der Waals surface area contributed by atoms with E-state index >= 15 is 0 Å². The minimum atomic E-state index is 0.733. The Hall–Kier alpha value is -0.700. The zero-order chi connectivity index (χ0) is 16.2. The molecule has 0 aromatic carbocycles. The van der Waals surface area contributed by atoms with Crippen LogP contribution in [0.15, 0.2) is 0 Å². The first-order valence-electron chi connectivity index (χ1n) is 8.01. The molecule has 1 saturated heterocycles. The van der Waals surface area contributed by atoms with Gasteiger partial charge in [-0.2, -0.15) is 0 Å². The van der Waals surface area contributed by atoms with E-state index in [4.69, 9.17) is 24.4 Å². The summed E-state index contributed by atoms with van der Waals surface area (Å²) in [7, 11) is 3.69. The van der Waals surface area contributed by atoms with E-state index in [1.165, 1.54) is 26.2 Å². The van der Waals surface area contributed by atoms with E-state index in [1.807, 2.05) is 14.1 Å². The van der Waals surface area contributed by atoms with Crippen molar-refractivity contribution < 1.29 is 0 Å². The van der Waals surface area contributed by atoms with Crippen LogP contribution < -0.4 is 21.3 Å². The standard InChI is InChI=1S/C14H30N6S2/c1-15-13(21)17-5-3-7-19-9-11-20(12-10-19)8-4-6-18-14(22)16-2/h3-12H2,1-2H3,(H2,15,17,21)(H2,16,18,22). The molecule has 0 bridgehead atoms. The van der Waals surface area contributed by atoms with Crippen molar-refractivity contribution in [3.63, 3.8) is 0 Å². The van der Waals surface area contributed by atoms with Gasteiger partial charge in [-0.25, -0.2) is 0 Å². The van der Waals surface area contributed by atoms with Crippen LogP contribution in [0, 0.1) is 0 Å². The second kappa shape index (κ2) is 11.8. The highest BCUT2D eigenvalue weighted by Crippen LogP contribution is 2.02. The van der Waals surface area contributed by atoms with Crippen LogP contribution >= 0.6 is 24.4 Å².